The maximum atomic E-state index is 12.7. The lowest BCUT2D eigenvalue weighted by molar-refractivity contribution is -0.384. The normalized spacial score (nSPS) is 11.8. The number of ether oxygens (including phenoxy) is 2. The van der Waals surface area contributed by atoms with Crippen molar-refractivity contribution in [1.82, 2.24) is 9.78 Å². The van der Waals surface area contributed by atoms with Gasteiger partial charge >= 0.3 is 0 Å². The molecule has 9 nitrogen and oxygen atoms in total. The van der Waals surface area contributed by atoms with Gasteiger partial charge in [0.15, 0.2) is 0 Å². The maximum absolute atomic E-state index is 12.7. The van der Waals surface area contributed by atoms with E-state index in [4.69, 9.17) is 9.47 Å². The lowest BCUT2D eigenvalue weighted by Crippen LogP contribution is -2.21. The molecule has 9 heteroatoms. The standard InChI is InChI=1S/C20H18N4O5/c1-12-3-5-17-15(7-12)20-13(11-29-17)9-21-23(20)10-19(25)22-16-8-14(24(26)27)4-6-18(16)28-2/h3-9H,10-11H2,1-2H3,(H,22,25). The first-order valence-electron chi connectivity index (χ1n) is 8.87. The molecular formula is C20H18N4O5. The number of hydrogen-bond donors (Lipinski definition) is 1. The predicted molar refractivity (Wildman–Crippen MR) is 105 cm³/mol. The monoisotopic (exact) mass is 394 g/mol. The van der Waals surface area contributed by atoms with Crippen molar-refractivity contribution in [2.45, 2.75) is 20.1 Å². The number of aromatic nitrogens is 2. The van der Waals surface area contributed by atoms with E-state index < -0.39 is 4.92 Å². The number of nitro groups is 1. The van der Waals surface area contributed by atoms with E-state index in [0.717, 1.165) is 28.1 Å². The van der Waals surface area contributed by atoms with Crippen LogP contribution >= 0.6 is 0 Å². The number of aryl methyl sites for hydroxylation is 1. The fourth-order valence-corrected chi connectivity index (χ4v) is 3.30. The van der Waals surface area contributed by atoms with Crippen molar-refractivity contribution < 1.29 is 19.2 Å². The third kappa shape index (κ3) is 3.49. The zero-order chi connectivity index (χ0) is 20.5. The van der Waals surface area contributed by atoms with Crippen LogP contribution in [0.5, 0.6) is 11.5 Å². The van der Waals surface area contributed by atoms with Crippen LogP contribution in [0.2, 0.25) is 0 Å². The third-order valence-corrected chi connectivity index (χ3v) is 4.65. The smallest absolute Gasteiger partial charge is 0.271 e. The molecule has 0 radical (unpaired) electrons. The van der Waals surface area contributed by atoms with E-state index >= 15 is 0 Å². The molecule has 0 bridgehead atoms. The number of rotatable bonds is 5. The number of nitro benzene ring substituents is 1. The molecule has 148 valence electrons. The quantitative estimate of drug-likeness (QED) is 0.525. The molecule has 29 heavy (non-hydrogen) atoms. The Labute approximate surface area is 166 Å². The van der Waals surface area contributed by atoms with Crippen molar-refractivity contribution in [3.05, 3.63) is 63.8 Å². The Balaban J connectivity index is 1.61. The summed E-state index contributed by atoms with van der Waals surface area (Å²) in [6, 6.07) is 9.89. The highest BCUT2D eigenvalue weighted by atomic mass is 16.6. The van der Waals surface area contributed by atoms with Crippen LogP contribution in [0.15, 0.2) is 42.6 Å². The van der Waals surface area contributed by atoms with Gasteiger partial charge in [0, 0.05) is 23.3 Å². The molecule has 1 amide bonds. The first kappa shape index (κ1) is 18.5. The number of non-ortho nitro benzene ring substituents is 1. The Kier molecular flexibility index (Phi) is 4.63. The first-order chi connectivity index (χ1) is 14.0. The molecule has 0 unspecified atom stereocenters. The van der Waals surface area contributed by atoms with Gasteiger partial charge in [-0.15, -0.1) is 0 Å². The fourth-order valence-electron chi connectivity index (χ4n) is 3.30. The Bertz CT molecular complexity index is 1120. The maximum Gasteiger partial charge on any atom is 0.271 e. The molecule has 0 fully saturated rings. The summed E-state index contributed by atoms with van der Waals surface area (Å²) in [4.78, 5) is 23.2. The van der Waals surface area contributed by atoms with Crippen molar-refractivity contribution >= 4 is 17.3 Å². The SMILES string of the molecule is COc1ccc([N+](=O)[O-])cc1NC(=O)Cn1ncc2c1-c1cc(C)ccc1OC2. The largest absolute Gasteiger partial charge is 0.495 e. The molecule has 0 saturated heterocycles. The van der Waals surface area contributed by atoms with E-state index in [1.54, 1.807) is 10.9 Å². The first-order valence-corrected chi connectivity index (χ1v) is 8.87. The van der Waals surface area contributed by atoms with Gasteiger partial charge in [-0.2, -0.15) is 5.10 Å². The molecule has 0 atom stereocenters. The van der Waals surface area contributed by atoms with Crippen LogP contribution in [0.4, 0.5) is 11.4 Å². The van der Waals surface area contributed by atoms with Crippen molar-refractivity contribution in [3.63, 3.8) is 0 Å². The van der Waals surface area contributed by atoms with Crippen LogP contribution in [0, 0.1) is 17.0 Å². The van der Waals surface area contributed by atoms with Crippen molar-refractivity contribution in [2.75, 3.05) is 12.4 Å². The number of carbonyl (C=O) groups is 1. The van der Waals surface area contributed by atoms with Gasteiger partial charge in [0.1, 0.15) is 24.7 Å². The van der Waals surface area contributed by atoms with Gasteiger partial charge in [-0.05, 0) is 25.1 Å². The van der Waals surface area contributed by atoms with Gasteiger partial charge in [0.25, 0.3) is 5.69 Å². The molecule has 1 N–H and O–H groups in total. The molecule has 0 aliphatic carbocycles. The molecule has 1 aromatic heterocycles. The second kappa shape index (κ2) is 7.27. The van der Waals surface area contributed by atoms with E-state index in [0.29, 0.717) is 12.4 Å². The average Bonchev–Trinajstić information content (AvgIpc) is 3.10. The van der Waals surface area contributed by atoms with Crippen molar-refractivity contribution in [2.24, 2.45) is 0 Å². The molecule has 0 spiro atoms. The van der Waals surface area contributed by atoms with Gasteiger partial charge in [-0.25, -0.2) is 0 Å². The van der Waals surface area contributed by atoms with Crippen molar-refractivity contribution in [1.29, 1.82) is 0 Å². The highest BCUT2D eigenvalue weighted by Crippen LogP contribution is 2.38. The van der Waals surface area contributed by atoms with Crippen LogP contribution in [-0.4, -0.2) is 27.7 Å². The number of fused-ring (bicyclic) bond motifs is 3. The number of anilines is 1. The average molecular weight is 394 g/mol. The number of amides is 1. The zero-order valence-corrected chi connectivity index (χ0v) is 15.8. The van der Waals surface area contributed by atoms with Crippen LogP contribution in [-0.2, 0) is 17.9 Å². The predicted octanol–water partition coefficient (Wildman–Crippen LogP) is 3.31. The van der Waals surface area contributed by atoms with E-state index in [9.17, 15) is 14.9 Å². The summed E-state index contributed by atoms with van der Waals surface area (Å²) in [6.07, 6.45) is 1.68. The minimum absolute atomic E-state index is 0.0610. The number of carbonyl (C=O) groups excluding carboxylic acids is 1. The Hall–Kier alpha value is -3.88. The number of nitrogens with one attached hydrogen (secondary N) is 1. The lowest BCUT2D eigenvalue weighted by atomic mass is 10.0. The molecule has 0 saturated carbocycles. The molecule has 1 aliphatic rings. The highest BCUT2D eigenvalue weighted by Gasteiger charge is 2.23. The summed E-state index contributed by atoms with van der Waals surface area (Å²) in [6.45, 7) is 2.30. The molecule has 2 heterocycles. The number of hydrogen-bond acceptors (Lipinski definition) is 6. The molecule has 3 aromatic rings. The van der Waals surface area contributed by atoms with Crippen LogP contribution in [0.3, 0.4) is 0 Å². The summed E-state index contributed by atoms with van der Waals surface area (Å²) in [7, 11) is 1.43. The second-order valence-electron chi connectivity index (χ2n) is 6.65. The molecule has 2 aromatic carbocycles. The van der Waals surface area contributed by atoms with E-state index in [1.165, 1.54) is 25.3 Å². The Morgan fingerprint density at radius 2 is 2.17 bits per heavy atom. The summed E-state index contributed by atoms with van der Waals surface area (Å²) >= 11 is 0. The number of methoxy groups -OCH3 is 1. The van der Waals surface area contributed by atoms with E-state index in [-0.39, 0.29) is 23.8 Å². The summed E-state index contributed by atoms with van der Waals surface area (Å²) in [5.41, 5.74) is 3.76. The Morgan fingerprint density at radius 3 is 2.93 bits per heavy atom. The van der Waals surface area contributed by atoms with E-state index in [2.05, 4.69) is 10.4 Å². The van der Waals surface area contributed by atoms with Crippen LogP contribution in [0.25, 0.3) is 11.3 Å². The van der Waals surface area contributed by atoms with Crippen LogP contribution < -0.4 is 14.8 Å². The highest BCUT2D eigenvalue weighted by molar-refractivity contribution is 5.93. The third-order valence-electron chi connectivity index (χ3n) is 4.65. The minimum atomic E-state index is -0.530. The lowest BCUT2D eigenvalue weighted by Gasteiger charge is -2.20. The topological polar surface area (TPSA) is 109 Å². The second-order valence-corrected chi connectivity index (χ2v) is 6.65. The van der Waals surface area contributed by atoms with Crippen LogP contribution in [0.1, 0.15) is 11.1 Å². The molecule has 4 rings (SSSR count). The van der Waals surface area contributed by atoms with E-state index in [1.807, 2.05) is 25.1 Å². The van der Waals surface area contributed by atoms with Crippen molar-refractivity contribution in [3.8, 4) is 22.8 Å². The minimum Gasteiger partial charge on any atom is -0.495 e. The number of benzene rings is 2. The fraction of sp³-hybridized carbons (Fsp3) is 0.200. The molecule has 1 aliphatic heterocycles. The molecular weight excluding hydrogens is 376 g/mol. The summed E-state index contributed by atoms with van der Waals surface area (Å²) < 4.78 is 12.5. The summed E-state index contributed by atoms with van der Waals surface area (Å²) in [5.74, 6) is 0.696. The van der Waals surface area contributed by atoms with Gasteiger partial charge in [0.05, 0.1) is 29.6 Å². The Morgan fingerprint density at radius 1 is 1.34 bits per heavy atom. The summed E-state index contributed by atoms with van der Waals surface area (Å²) in [5, 5.41) is 18.0. The zero-order valence-electron chi connectivity index (χ0n) is 15.8. The van der Waals surface area contributed by atoms with Gasteiger partial charge < -0.3 is 14.8 Å². The number of nitrogens with zero attached hydrogens (tertiary/aromatic N) is 3. The van der Waals surface area contributed by atoms with Gasteiger partial charge in [-0.1, -0.05) is 11.6 Å². The van der Waals surface area contributed by atoms with Gasteiger partial charge in [0.2, 0.25) is 5.91 Å². The van der Waals surface area contributed by atoms with Gasteiger partial charge in [-0.3, -0.25) is 19.6 Å².